The van der Waals surface area contributed by atoms with Crippen molar-refractivity contribution >= 4 is 5.91 Å². The topological polar surface area (TPSA) is 54.0 Å². The van der Waals surface area contributed by atoms with E-state index in [0.29, 0.717) is 19.6 Å². The van der Waals surface area contributed by atoms with Crippen molar-refractivity contribution in [3.63, 3.8) is 0 Å². The van der Waals surface area contributed by atoms with Crippen molar-refractivity contribution in [2.45, 2.75) is 13.5 Å². The Labute approximate surface area is 95.8 Å². The van der Waals surface area contributed by atoms with Crippen LogP contribution < -0.4 is 10.6 Å². The van der Waals surface area contributed by atoms with Crippen molar-refractivity contribution in [1.82, 2.24) is 15.6 Å². The van der Waals surface area contributed by atoms with Gasteiger partial charge >= 0.3 is 0 Å². The van der Waals surface area contributed by atoms with E-state index in [-0.39, 0.29) is 5.91 Å². The van der Waals surface area contributed by atoms with Gasteiger partial charge in [0.05, 0.1) is 12.2 Å². The van der Waals surface area contributed by atoms with E-state index in [2.05, 4.69) is 22.2 Å². The molecule has 0 atom stereocenters. The van der Waals surface area contributed by atoms with Crippen LogP contribution in [0.15, 0.2) is 31.0 Å². The predicted molar refractivity (Wildman–Crippen MR) is 63.9 cm³/mol. The van der Waals surface area contributed by atoms with E-state index in [1.165, 1.54) is 0 Å². The van der Waals surface area contributed by atoms with Gasteiger partial charge in [-0.15, -0.1) is 6.58 Å². The van der Waals surface area contributed by atoms with E-state index in [9.17, 15) is 4.79 Å². The Hall–Kier alpha value is -1.68. The van der Waals surface area contributed by atoms with Crippen LogP contribution in [0.3, 0.4) is 0 Å². The third kappa shape index (κ3) is 4.70. The van der Waals surface area contributed by atoms with Crippen LogP contribution in [-0.2, 0) is 11.3 Å². The van der Waals surface area contributed by atoms with Crippen LogP contribution in [0, 0.1) is 6.92 Å². The summed E-state index contributed by atoms with van der Waals surface area (Å²) >= 11 is 0. The van der Waals surface area contributed by atoms with E-state index in [0.717, 1.165) is 11.3 Å². The van der Waals surface area contributed by atoms with Crippen molar-refractivity contribution in [3.05, 3.63) is 42.2 Å². The predicted octanol–water partition coefficient (Wildman–Crippen LogP) is 0.782. The highest BCUT2D eigenvalue weighted by Gasteiger charge is 1.99. The van der Waals surface area contributed by atoms with E-state index >= 15 is 0 Å². The first-order valence-electron chi connectivity index (χ1n) is 5.22. The summed E-state index contributed by atoms with van der Waals surface area (Å²) in [6.45, 7) is 6.91. The van der Waals surface area contributed by atoms with E-state index < -0.39 is 0 Å². The number of aromatic nitrogens is 1. The summed E-state index contributed by atoms with van der Waals surface area (Å²) in [5.41, 5.74) is 2.06. The molecule has 0 saturated heterocycles. The highest BCUT2D eigenvalue weighted by molar-refractivity contribution is 5.78. The molecular formula is C12H17N3O. The summed E-state index contributed by atoms with van der Waals surface area (Å²) in [5.74, 6) is -0.0352. The molecule has 0 radical (unpaired) electrons. The maximum Gasteiger partial charge on any atom is 0.234 e. The van der Waals surface area contributed by atoms with Crippen molar-refractivity contribution in [2.75, 3.05) is 13.1 Å². The zero-order valence-corrected chi connectivity index (χ0v) is 9.49. The minimum Gasteiger partial charge on any atom is -0.352 e. The number of amides is 1. The van der Waals surface area contributed by atoms with Crippen LogP contribution in [0.2, 0.25) is 0 Å². The fraction of sp³-hybridized carbons (Fsp3) is 0.333. The average Bonchev–Trinajstić information content (AvgIpc) is 2.29. The number of carbonyl (C=O) groups excluding carboxylic acids is 1. The number of aryl methyl sites for hydroxylation is 1. The smallest absolute Gasteiger partial charge is 0.234 e. The van der Waals surface area contributed by atoms with Gasteiger partial charge in [-0.25, -0.2) is 0 Å². The van der Waals surface area contributed by atoms with Crippen LogP contribution in [0.4, 0.5) is 0 Å². The molecule has 0 bridgehead atoms. The number of carbonyl (C=O) groups is 1. The van der Waals surface area contributed by atoms with Gasteiger partial charge in [0.2, 0.25) is 5.91 Å². The lowest BCUT2D eigenvalue weighted by Gasteiger charge is -2.04. The number of nitrogens with one attached hydrogen (secondary N) is 2. The van der Waals surface area contributed by atoms with E-state index in [1.807, 2.05) is 25.3 Å². The van der Waals surface area contributed by atoms with Gasteiger partial charge in [-0.1, -0.05) is 12.1 Å². The third-order valence-corrected chi connectivity index (χ3v) is 2.01. The number of rotatable bonds is 6. The first-order chi connectivity index (χ1) is 7.72. The van der Waals surface area contributed by atoms with Crippen molar-refractivity contribution in [2.24, 2.45) is 0 Å². The molecule has 0 fully saturated rings. The van der Waals surface area contributed by atoms with Crippen molar-refractivity contribution in [3.8, 4) is 0 Å². The number of hydrogen-bond acceptors (Lipinski definition) is 3. The van der Waals surface area contributed by atoms with Crippen LogP contribution in [0.1, 0.15) is 11.3 Å². The second kappa shape index (κ2) is 6.74. The second-order valence-corrected chi connectivity index (χ2v) is 3.52. The van der Waals surface area contributed by atoms with E-state index in [1.54, 1.807) is 6.08 Å². The molecule has 2 N–H and O–H groups in total. The highest BCUT2D eigenvalue weighted by atomic mass is 16.1. The first kappa shape index (κ1) is 12.4. The molecule has 0 aliphatic rings. The minimum atomic E-state index is -0.0352. The van der Waals surface area contributed by atoms with Gasteiger partial charge in [-0.2, -0.15) is 0 Å². The van der Waals surface area contributed by atoms with E-state index in [4.69, 9.17) is 0 Å². The molecule has 16 heavy (non-hydrogen) atoms. The molecule has 1 aromatic heterocycles. The summed E-state index contributed by atoms with van der Waals surface area (Å²) < 4.78 is 0. The lowest BCUT2D eigenvalue weighted by Crippen LogP contribution is -2.33. The second-order valence-electron chi connectivity index (χ2n) is 3.52. The summed E-state index contributed by atoms with van der Waals surface area (Å²) in [7, 11) is 0. The average molecular weight is 219 g/mol. The third-order valence-electron chi connectivity index (χ3n) is 2.01. The highest BCUT2D eigenvalue weighted by Crippen LogP contribution is 1.97. The van der Waals surface area contributed by atoms with Crippen molar-refractivity contribution < 1.29 is 4.79 Å². The minimum absolute atomic E-state index is 0.0352. The molecule has 1 amide bonds. The fourth-order valence-electron chi connectivity index (χ4n) is 1.16. The van der Waals surface area contributed by atoms with Crippen LogP contribution >= 0.6 is 0 Å². The molecule has 1 rings (SSSR count). The molecule has 0 saturated carbocycles. The zero-order valence-electron chi connectivity index (χ0n) is 9.49. The van der Waals surface area contributed by atoms with Gasteiger partial charge in [0.15, 0.2) is 0 Å². The Balaban J connectivity index is 2.22. The molecule has 1 heterocycles. The maximum atomic E-state index is 11.2. The SMILES string of the molecule is C=CCNC(=O)CNCc1ccc(C)cn1. The van der Waals surface area contributed by atoms with Crippen LogP contribution in [-0.4, -0.2) is 24.0 Å². The van der Waals surface area contributed by atoms with Gasteiger partial charge in [0.25, 0.3) is 0 Å². The summed E-state index contributed by atoms with van der Waals surface area (Å²) in [6, 6.07) is 3.95. The number of pyridine rings is 1. The Bertz CT molecular complexity index is 346. The molecule has 86 valence electrons. The zero-order chi connectivity index (χ0) is 11.8. The molecule has 0 spiro atoms. The first-order valence-corrected chi connectivity index (χ1v) is 5.22. The lowest BCUT2D eigenvalue weighted by atomic mass is 10.3. The molecular weight excluding hydrogens is 202 g/mol. The maximum absolute atomic E-state index is 11.2. The van der Waals surface area contributed by atoms with Gasteiger partial charge in [-0.3, -0.25) is 9.78 Å². The number of nitrogens with zero attached hydrogens (tertiary/aromatic N) is 1. The largest absolute Gasteiger partial charge is 0.352 e. The molecule has 4 heteroatoms. The molecule has 4 nitrogen and oxygen atoms in total. The molecule has 1 aromatic rings. The van der Waals surface area contributed by atoms with Gasteiger partial charge in [0, 0.05) is 19.3 Å². The summed E-state index contributed by atoms with van der Waals surface area (Å²) in [4.78, 5) is 15.4. The quantitative estimate of drug-likeness (QED) is 0.695. The van der Waals surface area contributed by atoms with Crippen LogP contribution in [0.25, 0.3) is 0 Å². The Morgan fingerprint density at radius 2 is 2.38 bits per heavy atom. The molecule has 0 aromatic carbocycles. The fourth-order valence-corrected chi connectivity index (χ4v) is 1.16. The van der Waals surface area contributed by atoms with Crippen molar-refractivity contribution in [1.29, 1.82) is 0 Å². The molecule has 0 unspecified atom stereocenters. The normalized spacial score (nSPS) is 9.81. The Morgan fingerprint density at radius 3 is 3.00 bits per heavy atom. The standard InChI is InChI=1S/C12H17N3O/c1-3-6-14-12(16)9-13-8-11-5-4-10(2)7-15-11/h3-5,7,13H,1,6,8-9H2,2H3,(H,14,16). The van der Waals surface area contributed by atoms with Gasteiger partial charge in [0.1, 0.15) is 0 Å². The molecule has 0 aliphatic heterocycles. The Kier molecular flexibility index (Phi) is 5.22. The summed E-state index contributed by atoms with van der Waals surface area (Å²) in [6.07, 6.45) is 3.47. The molecule has 0 aliphatic carbocycles. The number of hydrogen-bond donors (Lipinski definition) is 2. The van der Waals surface area contributed by atoms with Gasteiger partial charge < -0.3 is 10.6 Å². The monoisotopic (exact) mass is 219 g/mol. The lowest BCUT2D eigenvalue weighted by molar-refractivity contribution is -0.120. The summed E-state index contributed by atoms with van der Waals surface area (Å²) in [5, 5.41) is 5.71. The van der Waals surface area contributed by atoms with Crippen LogP contribution in [0.5, 0.6) is 0 Å². The van der Waals surface area contributed by atoms with Gasteiger partial charge in [-0.05, 0) is 18.6 Å². The Morgan fingerprint density at radius 1 is 1.56 bits per heavy atom.